The maximum Gasteiger partial charge on any atom is 0.222 e. The van der Waals surface area contributed by atoms with Crippen LogP contribution in [0.4, 0.5) is 0 Å². The Labute approximate surface area is 117 Å². The molecule has 0 rings (SSSR count). The lowest BCUT2D eigenvalue weighted by molar-refractivity contribution is -0.124. The van der Waals surface area contributed by atoms with Crippen LogP contribution in [0.1, 0.15) is 15.3 Å². The molecule has 0 spiro atoms. The molecule has 1 amide bonds. The molecule has 0 radical (unpaired) electrons. The van der Waals surface area contributed by atoms with Gasteiger partial charge >= 0.3 is 0 Å². The fraction of sp³-hybridized carbons (Fsp3) is 0.923. The zero-order valence-corrected chi connectivity index (χ0v) is 12.3. The van der Waals surface area contributed by atoms with Crippen molar-refractivity contribution in [1.82, 2.24) is 5.32 Å². The largest absolute Gasteiger partial charge is 0.382 e. The van der Waals surface area contributed by atoms with E-state index in [0.29, 0.717) is 52.8 Å². The molecule has 0 aliphatic heterocycles. The minimum atomic E-state index is 0. The van der Waals surface area contributed by atoms with E-state index in [1.54, 1.807) is 7.11 Å². The summed E-state index contributed by atoms with van der Waals surface area (Å²) in [6, 6.07) is 0. The summed E-state index contributed by atoms with van der Waals surface area (Å²) < 4.78 is 20.7. The Balaban J connectivity index is 0. The number of hydrogen-bond donors (Lipinski definition) is 1. The number of hydrogen-bond acceptors (Lipinski definition) is 5. The second-order valence-corrected chi connectivity index (χ2v) is 4.28. The fourth-order valence-corrected chi connectivity index (χ4v) is 1.13. The van der Waals surface area contributed by atoms with E-state index < -0.39 is 0 Å². The Morgan fingerprint density at radius 1 is 0.947 bits per heavy atom. The van der Waals surface area contributed by atoms with E-state index in [1.165, 1.54) is 0 Å². The molecule has 0 unspecified atom stereocenters. The van der Waals surface area contributed by atoms with Gasteiger partial charge in [-0.3, -0.25) is 4.79 Å². The molecule has 0 aromatic carbocycles. The average molecular weight is 279 g/mol. The highest BCUT2D eigenvalue weighted by atomic mass is 16.6. The van der Waals surface area contributed by atoms with Gasteiger partial charge < -0.3 is 24.3 Å². The summed E-state index contributed by atoms with van der Waals surface area (Å²) in [6.07, 6.45) is 0. The van der Waals surface area contributed by atoms with Crippen molar-refractivity contribution in [2.24, 2.45) is 5.92 Å². The van der Waals surface area contributed by atoms with Crippen LogP contribution in [0.3, 0.4) is 0 Å². The van der Waals surface area contributed by atoms with Gasteiger partial charge in [0, 0.05) is 21.0 Å². The van der Waals surface area contributed by atoms with Crippen LogP contribution >= 0.6 is 0 Å². The van der Waals surface area contributed by atoms with Gasteiger partial charge in [0.15, 0.2) is 0 Å². The molecular formula is C13H29NO5. The first-order chi connectivity index (χ1) is 9.18. The predicted molar refractivity (Wildman–Crippen MR) is 74.3 cm³/mol. The normalized spacial score (nSPS) is 10.9. The number of ether oxygens (including phenoxy) is 4. The molecule has 0 saturated carbocycles. The van der Waals surface area contributed by atoms with Crippen molar-refractivity contribution in [3.8, 4) is 0 Å². The van der Waals surface area contributed by atoms with Crippen LogP contribution in [0.25, 0.3) is 0 Å². The van der Waals surface area contributed by atoms with Crippen LogP contribution in [0, 0.1) is 5.92 Å². The Morgan fingerprint density at radius 2 is 1.42 bits per heavy atom. The van der Waals surface area contributed by atoms with Crippen molar-refractivity contribution >= 4 is 5.91 Å². The topological polar surface area (TPSA) is 66.0 Å². The molecule has 6 nitrogen and oxygen atoms in total. The lowest BCUT2D eigenvalue weighted by Gasteiger charge is -2.08. The van der Waals surface area contributed by atoms with Gasteiger partial charge in [-0.15, -0.1) is 0 Å². The third-order valence-electron chi connectivity index (χ3n) is 2.25. The molecule has 19 heavy (non-hydrogen) atoms. The molecule has 6 heteroatoms. The lowest BCUT2D eigenvalue weighted by Crippen LogP contribution is -2.31. The van der Waals surface area contributed by atoms with Crippen LogP contribution < -0.4 is 5.32 Å². The molecule has 0 aromatic rings. The second-order valence-electron chi connectivity index (χ2n) is 4.28. The summed E-state index contributed by atoms with van der Waals surface area (Å²) in [6.45, 7) is 8.13. The number of rotatable bonds is 13. The third-order valence-corrected chi connectivity index (χ3v) is 2.25. The Morgan fingerprint density at radius 3 is 1.89 bits per heavy atom. The molecule has 0 aromatic heterocycles. The van der Waals surface area contributed by atoms with Gasteiger partial charge in [-0.05, 0) is 0 Å². The van der Waals surface area contributed by atoms with Gasteiger partial charge in [-0.2, -0.15) is 0 Å². The highest BCUT2D eigenvalue weighted by molar-refractivity contribution is 5.77. The number of methoxy groups -OCH3 is 1. The van der Waals surface area contributed by atoms with Crippen LogP contribution in [-0.2, 0) is 23.7 Å². The fourth-order valence-electron chi connectivity index (χ4n) is 1.13. The van der Waals surface area contributed by atoms with Crippen LogP contribution in [0.2, 0.25) is 0 Å². The molecule has 116 valence electrons. The maximum absolute atomic E-state index is 11.2. The Hall–Kier alpha value is -0.690. The van der Waals surface area contributed by atoms with Gasteiger partial charge in [0.2, 0.25) is 5.91 Å². The quantitative estimate of drug-likeness (QED) is 0.503. The van der Waals surface area contributed by atoms with Crippen molar-refractivity contribution in [2.45, 2.75) is 13.8 Å². The zero-order chi connectivity index (χ0) is 14.3. The summed E-state index contributed by atoms with van der Waals surface area (Å²) in [7, 11) is 1.64. The number of carbonyl (C=O) groups excluding carboxylic acids is 1. The molecule has 0 heterocycles. The molecule has 1 N–H and O–H groups in total. The first-order valence-electron chi connectivity index (χ1n) is 6.68. The average Bonchev–Trinajstić information content (AvgIpc) is 2.39. The van der Waals surface area contributed by atoms with Gasteiger partial charge in [0.05, 0.1) is 46.2 Å². The minimum Gasteiger partial charge on any atom is -0.382 e. The molecule has 0 aliphatic rings. The first-order valence-corrected chi connectivity index (χ1v) is 6.68. The highest BCUT2D eigenvalue weighted by Crippen LogP contribution is 1.89. The number of carbonyl (C=O) groups is 1. The molecule has 0 aliphatic carbocycles. The molecule has 0 bridgehead atoms. The standard InChI is InChI=1S/C13H27NO5.H2/c1-12(2)13(15)14-4-5-17-8-9-19-11-10-18-7-6-16-3;/h12H,4-11H2,1-3H3,(H,14,15);1H. The summed E-state index contributed by atoms with van der Waals surface area (Å²) in [5.74, 6) is 0.0644. The van der Waals surface area contributed by atoms with Gasteiger partial charge in [-0.1, -0.05) is 13.8 Å². The monoisotopic (exact) mass is 279 g/mol. The van der Waals surface area contributed by atoms with Gasteiger partial charge in [0.25, 0.3) is 0 Å². The summed E-state index contributed by atoms with van der Waals surface area (Å²) in [5.41, 5.74) is 0. The summed E-state index contributed by atoms with van der Waals surface area (Å²) in [5, 5.41) is 2.78. The summed E-state index contributed by atoms with van der Waals surface area (Å²) in [4.78, 5) is 11.2. The van der Waals surface area contributed by atoms with E-state index >= 15 is 0 Å². The second kappa shape index (κ2) is 13.7. The van der Waals surface area contributed by atoms with E-state index in [9.17, 15) is 4.79 Å². The van der Waals surface area contributed by atoms with Crippen LogP contribution in [-0.4, -0.2) is 65.8 Å². The third kappa shape index (κ3) is 13.5. The predicted octanol–water partition coefficient (Wildman–Crippen LogP) is 0.701. The highest BCUT2D eigenvalue weighted by Gasteiger charge is 2.04. The van der Waals surface area contributed by atoms with Crippen molar-refractivity contribution in [3.05, 3.63) is 0 Å². The lowest BCUT2D eigenvalue weighted by atomic mass is 10.2. The van der Waals surface area contributed by atoms with E-state index in [1.807, 2.05) is 13.8 Å². The Bertz CT molecular complexity index is 217. The summed E-state index contributed by atoms with van der Waals surface area (Å²) >= 11 is 0. The SMILES string of the molecule is COCCOCCOCCOCCNC(=O)C(C)C.[HH]. The van der Waals surface area contributed by atoms with Crippen molar-refractivity contribution in [1.29, 1.82) is 0 Å². The zero-order valence-electron chi connectivity index (χ0n) is 12.3. The Kier molecular flexibility index (Phi) is 13.2. The maximum atomic E-state index is 11.2. The molecule has 0 saturated heterocycles. The van der Waals surface area contributed by atoms with Crippen LogP contribution in [0.5, 0.6) is 0 Å². The number of amides is 1. The molecular weight excluding hydrogens is 250 g/mol. The van der Waals surface area contributed by atoms with E-state index in [0.717, 1.165) is 0 Å². The van der Waals surface area contributed by atoms with E-state index in [2.05, 4.69) is 5.32 Å². The van der Waals surface area contributed by atoms with Crippen molar-refractivity contribution < 1.29 is 25.2 Å². The first kappa shape index (κ1) is 18.3. The van der Waals surface area contributed by atoms with Crippen molar-refractivity contribution in [3.63, 3.8) is 0 Å². The minimum absolute atomic E-state index is 0. The molecule has 0 atom stereocenters. The molecule has 0 fully saturated rings. The van der Waals surface area contributed by atoms with E-state index in [4.69, 9.17) is 18.9 Å². The van der Waals surface area contributed by atoms with Gasteiger partial charge in [-0.25, -0.2) is 0 Å². The van der Waals surface area contributed by atoms with E-state index in [-0.39, 0.29) is 13.3 Å². The number of nitrogens with one attached hydrogen (secondary N) is 1. The van der Waals surface area contributed by atoms with Crippen LogP contribution in [0.15, 0.2) is 0 Å². The van der Waals surface area contributed by atoms with Crippen molar-refractivity contribution in [2.75, 3.05) is 59.9 Å². The smallest absolute Gasteiger partial charge is 0.222 e. The van der Waals surface area contributed by atoms with Gasteiger partial charge in [0.1, 0.15) is 0 Å².